The first-order valence-corrected chi connectivity index (χ1v) is 10.5. The van der Waals surface area contributed by atoms with E-state index in [1.165, 1.54) is 4.57 Å². The van der Waals surface area contributed by atoms with Crippen molar-refractivity contribution in [3.63, 3.8) is 0 Å². The SMILES string of the molecule is CC(C)(C)OC(=O)Nc1ccc(-c2cnc3c(c2)c(Br)cn3C(=O)OC(C)(C)C)cn1. The maximum atomic E-state index is 12.5. The lowest BCUT2D eigenvalue weighted by Crippen LogP contribution is -2.27. The maximum absolute atomic E-state index is 12.5. The van der Waals surface area contributed by atoms with Crippen LogP contribution in [0.2, 0.25) is 0 Å². The standard InChI is InChI=1S/C22H25BrN4O4/c1-21(2,3)30-19(28)26-17-8-7-13(10-24-17)14-9-15-16(23)12-27(18(15)25-11-14)20(29)31-22(4,5)6/h7-12H,1-6H3,(H,24,26,28). The third-order valence-electron chi connectivity index (χ3n) is 3.91. The highest BCUT2D eigenvalue weighted by atomic mass is 79.9. The molecule has 0 aliphatic heterocycles. The Bertz CT molecular complexity index is 1130. The number of aromatic nitrogens is 3. The van der Waals surface area contributed by atoms with E-state index in [2.05, 4.69) is 31.2 Å². The van der Waals surface area contributed by atoms with E-state index in [0.717, 1.165) is 21.0 Å². The van der Waals surface area contributed by atoms with Gasteiger partial charge >= 0.3 is 12.2 Å². The number of halogens is 1. The third kappa shape index (κ3) is 5.81. The molecule has 0 atom stereocenters. The first-order valence-electron chi connectivity index (χ1n) is 9.69. The van der Waals surface area contributed by atoms with Crippen molar-refractivity contribution < 1.29 is 19.1 Å². The third-order valence-corrected chi connectivity index (χ3v) is 4.54. The summed E-state index contributed by atoms with van der Waals surface area (Å²) < 4.78 is 12.8. The largest absolute Gasteiger partial charge is 0.444 e. The van der Waals surface area contributed by atoms with Gasteiger partial charge < -0.3 is 9.47 Å². The van der Waals surface area contributed by atoms with Crippen molar-refractivity contribution in [1.29, 1.82) is 0 Å². The van der Waals surface area contributed by atoms with Crippen molar-refractivity contribution >= 4 is 45.0 Å². The van der Waals surface area contributed by atoms with E-state index in [-0.39, 0.29) is 0 Å². The Morgan fingerprint density at radius 2 is 1.61 bits per heavy atom. The first kappa shape index (κ1) is 22.7. The molecule has 9 heteroatoms. The highest BCUT2D eigenvalue weighted by molar-refractivity contribution is 9.10. The average molecular weight is 489 g/mol. The van der Waals surface area contributed by atoms with E-state index in [4.69, 9.17) is 9.47 Å². The number of fused-ring (bicyclic) bond motifs is 1. The van der Waals surface area contributed by atoms with Gasteiger partial charge in [0.05, 0.1) is 0 Å². The number of ether oxygens (including phenoxy) is 2. The fourth-order valence-electron chi connectivity index (χ4n) is 2.72. The molecule has 1 N–H and O–H groups in total. The molecule has 31 heavy (non-hydrogen) atoms. The molecule has 0 aliphatic rings. The predicted octanol–water partition coefficient (Wildman–Crippen LogP) is 5.99. The molecule has 1 amide bonds. The van der Waals surface area contributed by atoms with Gasteiger partial charge in [-0.2, -0.15) is 0 Å². The van der Waals surface area contributed by atoms with Crippen molar-refractivity contribution in [2.24, 2.45) is 0 Å². The molecule has 0 saturated carbocycles. The molecular weight excluding hydrogens is 464 g/mol. The lowest BCUT2D eigenvalue weighted by atomic mass is 10.1. The molecule has 0 radical (unpaired) electrons. The number of hydrogen-bond acceptors (Lipinski definition) is 6. The minimum Gasteiger partial charge on any atom is -0.444 e. The average Bonchev–Trinajstić information content (AvgIpc) is 2.96. The van der Waals surface area contributed by atoms with Gasteiger partial charge in [-0.3, -0.25) is 5.32 Å². The summed E-state index contributed by atoms with van der Waals surface area (Å²) in [7, 11) is 0. The number of carbonyl (C=O) groups excluding carboxylic acids is 2. The Hall–Kier alpha value is -2.94. The van der Waals surface area contributed by atoms with E-state index in [1.807, 2.05) is 32.9 Å². The molecule has 3 rings (SSSR count). The molecule has 0 fully saturated rings. The molecule has 0 unspecified atom stereocenters. The number of pyridine rings is 2. The summed E-state index contributed by atoms with van der Waals surface area (Å²) in [5, 5.41) is 3.36. The molecule has 8 nitrogen and oxygen atoms in total. The molecule has 3 aromatic heterocycles. The van der Waals surface area contributed by atoms with Gasteiger partial charge in [0.2, 0.25) is 0 Å². The van der Waals surface area contributed by atoms with Gasteiger partial charge in [-0.1, -0.05) is 0 Å². The van der Waals surface area contributed by atoms with Gasteiger partial charge in [0, 0.05) is 39.6 Å². The van der Waals surface area contributed by atoms with Crippen LogP contribution in [0.25, 0.3) is 22.2 Å². The van der Waals surface area contributed by atoms with E-state index in [9.17, 15) is 9.59 Å². The van der Waals surface area contributed by atoms with Crippen LogP contribution in [0.1, 0.15) is 41.5 Å². The van der Waals surface area contributed by atoms with Gasteiger partial charge in [0.15, 0.2) is 5.65 Å². The smallest absolute Gasteiger partial charge is 0.420 e. The summed E-state index contributed by atoms with van der Waals surface area (Å²) in [6.07, 6.45) is 3.87. The molecule has 0 aromatic carbocycles. The van der Waals surface area contributed by atoms with Crippen molar-refractivity contribution in [2.45, 2.75) is 52.7 Å². The molecule has 0 aliphatic carbocycles. The van der Waals surface area contributed by atoms with Crippen LogP contribution in [0.3, 0.4) is 0 Å². The Morgan fingerprint density at radius 1 is 0.968 bits per heavy atom. The minimum atomic E-state index is -0.610. The van der Waals surface area contributed by atoms with Gasteiger partial charge in [-0.05, 0) is 75.7 Å². The van der Waals surface area contributed by atoms with Gasteiger partial charge in [0.1, 0.15) is 17.0 Å². The predicted molar refractivity (Wildman–Crippen MR) is 122 cm³/mol. The molecule has 0 bridgehead atoms. The van der Waals surface area contributed by atoms with Crippen LogP contribution < -0.4 is 5.32 Å². The monoisotopic (exact) mass is 488 g/mol. The van der Waals surface area contributed by atoms with Crippen LogP contribution >= 0.6 is 15.9 Å². The van der Waals surface area contributed by atoms with Crippen molar-refractivity contribution in [3.8, 4) is 11.1 Å². The topological polar surface area (TPSA) is 95.3 Å². The highest BCUT2D eigenvalue weighted by Crippen LogP contribution is 2.30. The molecule has 0 spiro atoms. The Kier molecular flexibility index (Phi) is 6.09. The van der Waals surface area contributed by atoms with Crippen LogP contribution in [0, 0.1) is 0 Å². The number of nitrogens with zero attached hydrogens (tertiary/aromatic N) is 3. The minimum absolute atomic E-state index is 0.379. The Balaban J connectivity index is 1.83. The zero-order valence-corrected chi connectivity index (χ0v) is 19.9. The summed E-state index contributed by atoms with van der Waals surface area (Å²) in [6, 6.07) is 5.41. The van der Waals surface area contributed by atoms with Crippen molar-refractivity contribution in [3.05, 3.63) is 41.3 Å². The number of amides is 1. The zero-order valence-electron chi connectivity index (χ0n) is 18.3. The highest BCUT2D eigenvalue weighted by Gasteiger charge is 2.21. The molecule has 3 aromatic rings. The lowest BCUT2D eigenvalue weighted by Gasteiger charge is -2.19. The van der Waals surface area contributed by atoms with E-state index < -0.39 is 23.4 Å². The van der Waals surface area contributed by atoms with Crippen LogP contribution in [0.4, 0.5) is 15.4 Å². The second-order valence-electron chi connectivity index (χ2n) is 8.98. The fourth-order valence-corrected chi connectivity index (χ4v) is 3.22. The van der Waals surface area contributed by atoms with Crippen LogP contribution in [-0.4, -0.2) is 37.9 Å². The molecular formula is C22H25BrN4O4. The number of hydrogen-bond donors (Lipinski definition) is 1. The van der Waals surface area contributed by atoms with E-state index in [0.29, 0.717) is 11.5 Å². The summed E-state index contributed by atoms with van der Waals surface area (Å²) in [5.41, 5.74) is 0.906. The lowest BCUT2D eigenvalue weighted by molar-refractivity contribution is 0.0542. The molecule has 0 saturated heterocycles. The Labute approximate surface area is 189 Å². The van der Waals surface area contributed by atoms with Crippen molar-refractivity contribution in [2.75, 3.05) is 5.32 Å². The van der Waals surface area contributed by atoms with E-state index in [1.54, 1.807) is 45.4 Å². The molecule has 3 heterocycles. The Morgan fingerprint density at radius 3 is 2.19 bits per heavy atom. The number of anilines is 1. The van der Waals surface area contributed by atoms with Crippen LogP contribution in [-0.2, 0) is 9.47 Å². The molecule has 164 valence electrons. The van der Waals surface area contributed by atoms with Gasteiger partial charge in [-0.15, -0.1) is 0 Å². The number of nitrogens with one attached hydrogen (secondary N) is 1. The summed E-state index contributed by atoms with van der Waals surface area (Å²) in [4.78, 5) is 33.1. The summed E-state index contributed by atoms with van der Waals surface area (Å²) in [6.45, 7) is 10.8. The van der Waals surface area contributed by atoms with Crippen LogP contribution in [0.15, 0.2) is 41.3 Å². The summed E-state index contributed by atoms with van der Waals surface area (Å²) >= 11 is 3.49. The maximum Gasteiger partial charge on any atom is 0.420 e. The van der Waals surface area contributed by atoms with Gasteiger partial charge in [0.25, 0.3) is 0 Å². The van der Waals surface area contributed by atoms with Gasteiger partial charge in [-0.25, -0.2) is 24.1 Å². The fraction of sp³-hybridized carbons (Fsp3) is 0.364. The van der Waals surface area contributed by atoms with Crippen LogP contribution in [0.5, 0.6) is 0 Å². The zero-order chi connectivity index (χ0) is 23.0. The normalized spacial score (nSPS) is 12.0. The summed E-state index contributed by atoms with van der Waals surface area (Å²) in [5.74, 6) is 0.379. The number of carbonyl (C=O) groups is 2. The van der Waals surface area contributed by atoms with Crippen molar-refractivity contribution in [1.82, 2.24) is 14.5 Å². The first-order chi connectivity index (χ1) is 14.3. The van der Waals surface area contributed by atoms with E-state index >= 15 is 0 Å². The second kappa shape index (κ2) is 8.30. The second-order valence-corrected chi connectivity index (χ2v) is 9.84. The number of rotatable bonds is 2. The quantitative estimate of drug-likeness (QED) is 0.475.